The Morgan fingerprint density at radius 2 is 2.26 bits per heavy atom. The number of aliphatic carboxylic acids is 1. The zero-order valence-electron chi connectivity index (χ0n) is 11.2. The van der Waals surface area contributed by atoms with Crippen molar-refractivity contribution in [3.8, 4) is 0 Å². The average molecular weight is 257 g/mol. The van der Waals surface area contributed by atoms with Crippen LogP contribution in [-0.4, -0.2) is 23.7 Å². The summed E-state index contributed by atoms with van der Waals surface area (Å²) in [6.45, 7) is 3.30. The van der Waals surface area contributed by atoms with Gasteiger partial charge in [-0.25, -0.2) is 4.79 Å². The maximum absolute atomic E-state index is 10.5. The molecule has 1 aliphatic heterocycles. The van der Waals surface area contributed by atoms with Gasteiger partial charge in [-0.1, -0.05) is 6.07 Å². The normalized spacial score (nSPS) is 25.4. The molecule has 2 bridgehead atoms. The van der Waals surface area contributed by atoms with Crippen molar-refractivity contribution in [2.45, 2.75) is 32.2 Å². The molecule has 0 radical (unpaired) electrons. The van der Waals surface area contributed by atoms with Crippen molar-refractivity contribution in [1.82, 2.24) is 0 Å². The summed E-state index contributed by atoms with van der Waals surface area (Å²) in [5, 5.41) is 8.65. The molecule has 0 amide bonds. The SMILES string of the molecule is Cc1cc(/C=C/C(=O)O)ccc1N1CC2CCC1C2. The lowest BCUT2D eigenvalue weighted by Crippen LogP contribution is -2.32. The molecule has 1 heterocycles. The van der Waals surface area contributed by atoms with E-state index in [0.717, 1.165) is 17.5 Å². The summed E-state index contributed by atoms with van der Waals surface area (Å²) in [5.41, 5.74) is 3.51. The van der Waals surface area contributed by atoms with Gasteiger partial charge < -0.3 is 10.0 Å². The number of carboxylic acid groups (broad SMARTS) is 1. The Kier molecular flexibility index (Phi) is 3.05. The van der Waals surface area contributed by atoms with E-state index >= 15 is 0 Å². The van der Waals surface area contributed by atoms with Crippen LogP contribution in [0.4, 0.5) is 5.69 Å². The molecule has 1 aliphatic carbocycles. The zero-order valence-corrected chi connectivity index (χ0v) is 11.2. The molecule has 19 heavy (non-hydrogen) atoms. The summed E-state index contributed by atoms with van der Waals surface area (Å²) in [6.07, 6.45) is 6.89. The van der Waals surface area contributed by atoms with Crippen molar-refractivity contribution >= 4 is 17.7 Å². The quantitative estimate of drug-likeness (QED) is 0.846. The number of fused-ring (bicyclic) bond motifs is 2. The summed E-state index contributed by atoms with van der Waals surface area (Å²) in [7, 11) is 0. The second-order valence-corrected chi connectivity index (χ2v) is 5.70. The highest BCUT2D eigenvalue weighted by molar-refractivity contribution is 5.85. The van der Waals surface area contributed by atoms with Crippen LogP contribution in [0.1, 0.15) is 30.4 Å². The highest BCUT2D eigenvalue weighted by atomic mass is 16.4. The monoisotopic (exact) mass is 257 g/mol. The summed E-state index contributed by atoms with van der Waals surface area (Å²) in [5.74, 6) is -0.0189. The van der Waals surface area contributed by atoms with Crippen molar-refractivity contribution in [2.24, 2.45) is 5.92 Å². The third-order valence-corrected chi connectivity index (χ3v) is 4.36. The van der Waals surface area contributed by atoms with E-state index in [2.05, 4.69) is 24.0 Å². The number of nitrogens with zero attached hydrogens (tertiary/aromatic N) is 1. The van der Waals surface area contributed by atoms with Gasteiger partial charge in [-0.05, 0) is 61.4 Å². The summed E-state index contributed by atoms with van der Waals surface area (Å²) in [4.78, 5) is 13.1. The Balaban J connectivity index is 1.82. The first-order valence-electron chi connectivity index (χ1n) is 6.92. The molecular formula is C16H19NO2. The summed E-state index contributed by atoms with van der Waals surface area (Å²) < 4.78 is 0. The standard InChI is InChI=1S/C16H19NO2/c1-11-8-12(4-7-16(18)19)3-6-15(11)17-10-13-2-5-14(17)9-13/h3-4,6-8,13-14H,2,5,9-10H2,1H3,(H,18,19)/b7-4+. The fraction of sp³-hybridized carbons (Fsp3) is 0.438. The molecule has 2 fully saturated rings. The number of carbonyl (C=O) groups is 1. The number of anilines is 1. The first kappa shape index (κ1) is 12.3. The first-order chi connectivity index (χ1) is 9.13. The molecule has 2 atom stereocenters. The fourth-order valence-electron chi connectivity index (χ4n) is 3.49. The number of rotatable bonds is 3. The van der Waals surface area contributed by atoms with Crippen molar-refractivity contribution < 1.29 is 9.90 Å². The minimum absolute atomic E-state index is 0.726. The average Bonchev–Trinajstić information content (AvgIpc) is 2.98. The van der Waals surface area contributed by atoms with Crippen LogP contribution in [-0.2, 0) is 4.79 Å². The number of hydrogen-bond donors (Lipinski definition) is 1. The fourth-order valence-corrected chi connectivity index (χ4v) is 3.49. The largest absolute Gasteiger partial charge is 0.478 e. The van der Waals surface area contributed by atoms with Crippen LogP contribution < -0.4 is 4.90 Å². The molecule has 2 unspecified atom stereocenters. The van der Waals surface area contributed by atoms with Crippen molar-refractivity contribution in [3.63, 3.8) is 0 Å². The van der Waals surface area contributed by atoms with E-state index in [4.69, 9.17) is 5.11 Å². The molecule has 3 nitrogen and oxygen atoms in total. The number of aryl methyl sites for hydroxylation is 1. The van der Waals surface area contributed by atoms with Crippen LogP contribution in [0, 0.1) is 12.8 Å². The van der Waals surface area contributed by atoms with E-state index in [0.29, 0.717) is 0 Å². The smallest absolute Gasteiger partial charge is 0.328 e. The highest BCUT2D eigenvalue weighted by Gasteiger charge is 2.38. The molecular weight excluding hydrogens is 238 g/mol. The highest BCUT2D eigenvalue weighted by Crippen LogP contribution is 2.41. The van der Waals surface area contributed by atoms with Gasteiger partial charge in [0.25, 0.3) is 0 Å². The minimum atomic E-state index is -0.904. The molecule has 3 heteroatoms. The molecule has 1 aromatic rings. The molecule has 2 aliphatic rings. The van der Waals surface area contributed by atoms with E-state index in [1.54, 1.807) is 6.08 Å². The zero-order chi connectivity index (χ0) is 13.4. The Bertz CT molecular complexity index is 536. The van der Waals surface area contributed by atoms with Gasteiger partial charge in [-0.15, -0.1) is 0 Å². The maximum Gasteiger partial charge on any atom is 0.328 e. The molecule has 1 saturated heterocycles. The van der Waals surface area contributed by atoms with Crippen LogP contribution in [0.3, 0.4) is 0 Å². The van der Waals surface area contributed by atoms with Crippen molar-refractivity contribution in [2.75, 3.05) is 11.4 Å². The topological polar surface area (TPSA) is 40.5 Å². The molecule has 1 aromatic carbocycles. The Hall–Kier alpha value is -1.77. The van der Waals surface area contributed by atoms with E-state index in [1.807, 2.05) is 6.07 Å². The molecule has 0 aromatic heterocycles. The maximum atomic E-state index is 10.5. The van der Waals surface area contributed by atoms with Gasteiger partial charge in [0.1, 0.15) is 0 Å². The molecule has 3 rings (SSSR count). The lowest BCUT2D eigenvalue weighted by Gasteiger charge is -2.30. The van der Waals surface area contributed by atoms with Crippen LogP contribution >= 0.6 is 0 Å². The van der Waals surface area contributed by atoms with Crippen LogP contribution in [0.5, 0.6) is 0 Å². The van der Waals surface area contributed by atoms with Crippen LogP contribution in [0.25, 0.3) is 6.08 Å². The Morgan fingerprint density at radius 3 is 2.84 bits per heavy atom. The van der Waals surface area contributed by atoms with Gasteiger partial charge >= 0.3 is 5.97 Å². The van der Waals surface area contributed by atoms with Gasteiger partial charge in [0, 0.05) is 24.4 Å². The lowest BCUT2D eigenvalue weighted by molar-refractivity contribution is -0.131. The van der Waals surface area contributed by atoms with E-state index in [9.17, 15) is 4.79 Å². The Labute approximate surface area is 113 Å². The van der Waals surface area contributed by atoms with Gasteiger partial charge in [0.2, 0.25) is 0 Å². The van der Waals surface area contributed by atoms with E-state index in [-0.39, 0.29) is 0 Å². The summed E-state index contributed by atoms with van der Waals surface area (Å²) in [6, 6.07) is 6.94. The third kappa shape index (κ3) is 2.37. The number of carboxylic acids is 1. The van der Waals surface area contributed by atoms with Gasteiger partial charge in [-0.3, -0.25) is 0 Å². The van der Waals surface area contributed by atoms with Crippen LogP contribution in [0.2, 0.25) is 0 Å². The third-order valence-electron chi connectivity index (χ3n) is 4.36. The number of hydrogen-bond acceptors (Lipinski definition) is 2. The van der Waals surface area contributed by atoms with E-state index in [1.165, 1.54) is 43.1 Å². The molecule has 100 valence electrons. The predicted molar refractivity (Wildman–Crippen MR) is 76.3 cm³/mol. The molecule has 0 spiro atoms. The van der Waals surface area contributed by atoms with Crippen molar-refractivity contribution in [1.29, 1.82) is 0 Å². The van der Waals surface area contributed by atoms with Gasteiger partial charge in [-0.2, -0.15) is 0 Å². The molecule has 1 N–H and O–H groups in total. The summed E-state index contributed by atoms with van der Waals surface area (Å²) >= 11 is 0. The van der Waals surface area contributed by atoms with Gasteiger partial charge in [0.05, 0.1) is 0 Å². The lowest BCUT2D eigenvalue weighted by atomic mass is 10.1. The van der Waals surface area contributed by atoms with Crippen molar-refractivity contribution in [3.05, 3.63) is 35.4 Å². The first-order valence-corrected chi connectivity index (χ1v) is 6.92. The second kappa shape index (κ2) is 4.72. The second-order valence-electron chi connectivity index (χ2n) is 5.70. The van der Waals surface area contributed by atoms with E-state index < -0.39 is 5.97 Å². The number of piperidine rings is 1. The molecule has 1 saturated carbocycles. The Morgan fingerprint density at radius 1 is 1.42 bits per heavy atom. The minimum Gasteiger partial charge on any atom is -0.478 e. The number of benzene rings is 1. The van der Waals surface area contributed by atoms with Crippen LogP contribution in [0.15, 0.2) is 24.3 Å². The van der Waals surface area contributed by atoms with Gasteiger partial charge in [0.15, 0.2) is 0 Å². The predicted octanol–water partition coefficient (Wildman–Crippen LogP) is 3.08.